The van der Waals surface area contributed by atoms with Crippen molar-refractivity contribution in [2.45, 2.75) is 39.7 Å². The van der Waals surface area contributed by atoms with Crippen molar-refractivity contribution >= 4 is 34.7 Å². The number of halogens is 1. The van der Waals surface area contributed by atoms with Gasteiger partial charge >= 0.3 is 6.03 Å². The Morgan fingerprint density at radius 2 is 1.93 bits per heavy atom. The Morgan fingerprint density at radius 3 is 2.66 bits per heavy atom. The fourth-order valence-corrected chi connectivity index (χ4v) is 5.84. The van der Waals surface area contributed by atoms with Crippen molar-refractivity contribution in [1.82, 2.24) is 4.90 Å². The van der Waals surface area contributed by atoms with Crippen molar-refractivity contribution < 1.29 is 4.79 Å². The second-order valence-electron chi connectivity index (χ2n) is 7.43. The minimum absolute atomic E-state index is 0.0663. The summed E-state index contributed by atoms with van der Waals surface area (Å²) in [5.41, 5.74) is 5.69. The third kappa shape index (κ3) is 3.67. The smallest absolute Gasteiger partial charge is 0.312 e. The molecular formula is C24H25ClN2OS. The van der Waals surface area contributed by atoms with Crippen molar-refractivity contribution in [3.05, 3.63) is 85.6 Å². The van der Waals surface area contributed by atoms with Gasteiger partial charge < -0.3 is 10.2 Å². The van der Waals surface area contributed by atoms with Crippen LogP contribution < -0.4 is 5.32 Å². The van der Waals surface area contributed by atoms with E-state index in [0.717, 1.165) is 29.7 Å². The number of rotatable bonds is 3. The normalized spacial score (nSPS) is 15.9. The minimum Gasteiger partial charge on any atom is -0.312 e. The number of aryl methyl sites for hydroxylation is 1. The standard InChI is InChI=1S/C24H25ClN2OS/c1-4-18-16(3)29-23-19(18)13-14-27(22(23)17-9-6-5-7-10-17)24(28)26-21-12-8-11-20(25)15(21)2/h5-12,22H,4,13-14H2,1-3H3,(H,26,28)/t22-/m0/s1. The van der Waals surface area contributed by atoms with Gasteiger partial charge in [0, 0.05) is 27.0 Å². The second kappa shape index (κ2) is 8.21. The molecule has 1 atom stereocenters. The summed E-state index contributed by atoms with van der Waals surface area (Å²) in [5, 5.41) is 3.75. The first kappa shape index (κ1) is 20.0. The first-order valence-electron chi connectivity index (χ1n) is 10.00. The maximum Gasteiger partial charge on any atom is 0.322 e. The number of thiophene rings is 1. The molecule has 0 saturated carbocycles. The van der Waals surface area contributed by atoms with Crippen LogP contribution in [0.2, 0.25) is 5.02 Å². The molecule has 1 aliphatic heterocycles. The molecule has 0 aliphatic carbocycles. The van der Waals surface area contributed by atoms with E-state index in [-0.39, 0.29) is 12.1 Å². The summed E-state index contributed by atoms with van der Waals surface area (Å²) in [7, 11) is 0. The predicted molar refractivity (Wildman–Crippen MR) is 122 cm³/mol. The van der Waals surface area contributed by atoms with E-state index in [0.29, 0.717) is 11.6 Å². The van der Waals surface area contributed by atoms with Crippen molar-refractivity contribution in [1.29, 1.82) is 0 Å². The zero-order valence-electron chi connectivity index (χ0n) is 17.0. The topological polar surface area (TPSA) is 32.3 Å². The molecule has 4 rings (SSSR count). The van der Waals surface area contributed by atoms with Gasteiger partial charge in [0.15, 0.2) is 0 Å². The number of amides is 2. The number of benzene rings is 2. The number of fused-ring (bicyclic) bond motifs is 1. The summed E-state index contributed by atoms with van der Waals surface area (Å²) >= 11 is 8.08. The average Bonchev–Trinajstić information content (AvgIpc) is 3.06. The lowest BCUT2D eigenvalue weighted by Crippen LogP contribution is -2.42. The number of anilines is 1. The van der Waals surface area contributed by atoms with Crippen LogP contribution >= 0.6 is 22.9 Å². The molecule has 2 amide bonds. The van der Waals surface area contributed by atoms with Crippen LogP contribution in [0.5, 0.6) is 0 Å². The van der Waals surface area contributed by atoms with Gasteiger partial charge in [0.2, 0.25) is 0 Å². The summed E-state index contributed by atoms with van der Waals surface area (Å²) in [6.07, 6.45) is 1.93. The maximum atomic E-state index is 13.4. The lowest BCUT2D eigenvalue weighted by atomic mass is 9.92. The molecule has 0 bridgehead atoms. The zero-order valence-corrected chi connectivity index (χ0v) is 18.5. The second-order valence-corrected chi connectivity index (χ2v) is 9.10. The van der Waals surface area contributed by atoms with Crippen LogP contribution in [0.1, 0.15) is 45.0 Å². The highest BCUT2D eigenvalue weighted by molar-refractivity contribution is 7.12. The molecule has 29 heavy (non-hydrogen) atoms. The van der Waals surface area contributed by atoms with Crippen molar-refractivity contribution in [3.63, 3.8) is 0 Å². The number of urea groups is 1. The lowest BCUT2D eigenvalue weighted by Gasteiger charge is -2.36. The monoisotopic (exact) mass is 424 g/mol. The third-order valence-corrected chi connectivity index (χ3v) is 7.40. The van der Waals surface area contributed by atoms with E-state index in [4.69, 9.17) is 11.6 Å². The van der Waals surface area contributed by atoms with E-state index in [1.54, 1.807) is 0 Å². The zero-order chi connectivity index (χ0) is 20.5. The molecule has 5 heteroatoms. The molecule has 1 aliphatic rings. The Balaban J connectivity index is 1.74. The summed E-state index contributed by atoms with van der Waals surface area (Å²) in [5.74, 6) is 0. The lowest BCUT2D eigenvalue weighted by molar-refractivity contribution is 0.195. The molecule has 2 heterocycles. The Kier molecular flexibility index (Phi) is 5.66. The number of nitrogens with zero attached hydrogens (tertiary/aromatic N) is 1. The number of carbonyl (C=O) groups excluding carboxylic acids is 1. The number of hydrogen-bond acceptors (Lipinski definition) is 2. The molecule has 0 spiro atoms. The van der Waals surface area contributed by atoms with Gasteiger partial charge in [-0.25, -0.2) is 4.79 Å². The predicted octanol–water partition coefficient (Wildman–Crippen LogP) is 6.76. The Hall–Kier alpha value is -2.30. The highest BCUT2D eigenvalue weighted by Crippen LogP contribution is 2.43. The van der Waals surface area contributed by atoms with Crippen LogP contribution in [0.25, 0.3) is 0 Å². The first-order chi connectivity index (χ1) is 14.0. The van der Waals surface area contributed by atoms with Crippen LogP contribution in [0.15, 0.2) is 48.5 Å². The molecule has 150 valence electrons. The maximum absolute atomic E-state index is 13.4. The van der Waals surface area contributed by atoms with E-state index in [9.17, 15) is 4.79 Å². The number of nitrogens with one attached hydrogen (secondary N) is 1. The average molecular weight is 425 g/mol. The summed E-state index contributed by atoms with van der Waals surface area (Å²) in [6.45, 7) is 7.04. The van der Waals surface area contributed by atoms with E-state index >= 15 is 0 Å². The van der Waals surface area contributed by atoms with Gasteiger partial charge in [0.25, 0.3) is 0 Å². The third-order valence-electron chi connectivity index (χ3n) is 5.75. The molecule has 0 fully saturated rings. The fourth-order valence-electron chi connectivity index (χ4n) is 4.22. The molecule has 0 radical (unpaired) electrons. The van der Waals surface area contributed by atoms with Crippen LogP contribution in [0.4, 0.5) is 10.5 Å². The number of hydrogen-bond donors (Lipinski definition) is 1. The molecule has 3 aromatic rings. The summed E-state index contributed by atoms with van der Waals surface area (Å²) in [4.78, 5) is 18.0. The van der Waals surface area contributed by atoms with Crippen LogP contribution in [0.3, 0.4) is 0 Å². The van der Waals surface area contributed by atoms with Gasteiger partial charge in [0.1, 0.15) is 0 Å². The van der Waals surface area contributed by atoms with Crippen molar-refractivity contribution in [2.24, 2.45) is 0 Å². The largest absolute Gasteiger partial charge is 0.322 e. The minimum atomic E-state index is -0.0843. The van der Waals surface area contributed by atoms with Crippen molar-refractivity contribution in [2.75, 3.05) is 11.9 Å². The van der Waals surface area contributed by atoms with Crippen LogP contribution in [-0.2, 0) is 12.8 Å². The molecule has 0 unspecified atom stereocenters. The summed E-state index contributed by atoms with van der Waals surface area (Å²) in [6, 6.07) is 15.8. The first-order valence-corrected chi connectivity index (χ1v) is 11.2. The highest BCUT2D eigenvalue weighted by atomic mass is 35.5. The van der Waals surface area contributed by atoms with Crippen molar-refractivity contribution in [3.8, 4) is 0 Å². The summed E-state index contributed by atoms with van der Waals surface area (Å²) < 4.78 is 0. The number of carbonyl (C=O) groups is 1. The van der Waals surface area contributed by atoms with Gasteiger partial charge in [-0.1, -0.05) is 54.9 Å². The van der Waals surface area contributed by atoms with Gasteiger partial charge in [-0.15, -0.1) is 11.3 Å². The Labute approximate surface area is 181 Å². The Morgan fingerprint density at radius 1 is 1.17 bits per heavy atom. The fraction of sp³-hybridized carbons (Fsp3) is 0.292. The molecule has 1 N–H and O–H groups in total. The van der Waals surface area contributed by atoms with Gasteiger partial charge in [-0.2, -0.15) is 0 Å². The molecule has 2 aromatic carbocycles. The van der Waals surface area contributed by atoms with E-state index < -0.39 is 0 Å². The van der Waals surface area contributed by atoms with E-state index in [1.807, 2.05) is 59.6 Å². The molecule has 1 aromatic heterocycles. The molecular weight excluding hydrogens is 400 g/mol. The van der Waals surface area contributed by atoms with Crippen LogP contribution in [-0.4, -0.2) is 17.5 Å². The quantitative estimate of drug-likeness (QED) is 0.494. The van der Waals surface area contributed by atoms with Gasteiger partial charge in [-0.05, 0) is 61.1 Å². The highest BCUT2D eigenvalue weighted by Gasteiger charge is 2.35. The molecule has 3 nitrogen and oxygen atoms in total. The Bertz CT molecular complexity index is 1040. The van der Waals surface area contributed by atoms with Crippen LogP contribution in [0, 0.1) is 13.8 Å². The SMILES string of the molecule is CCc1c(C)sc2c1CCN(C(=O)Nc1cccc(Cl)c1C)[C@H]2c1ccccc1. The molecule has 0 saturated heterocycles. The van der Waals surface area contributed by atoms with E-state index in [2.05, 4.69) is 31.3 Å². The van der Waals surface area contributed by atoms with E-state index in [1.165, 1.54) is 20.9 Å². The van der Waals surface area contributed by atoms with Gasteiger partial charge in [0.05, 0.1) is 6.04 Å². The van der Waals surface area contributed by atoms with Gasteiger partial charge in [-0.3, -0.25) is 0 Å².